The molecule has 0 aromatic carbocycles. The highest BCUT2D eigenvalue weighted by atomic mass is 32.1. The fraction of sp³-hybridized carbons (Fsp3) is 0.562. The second-order valence-electron chi connectivity index (χ2n) is 6.94. The molecule has 130 valence electrons. The molecular weight excluding hydrogens is 336 g/mol. The molecule has 0 radical (unpaired) electrons. The average molecular weight is 356 g/mol. The van der Waals surface area contributed by atoms with Crippen LogP contribution in [-0.2, 0) is 0 Å². The molecule has 1 saturated carbocycles. The van der Waals surface area contributed by atoms with E-state index in [0.29, 0.717) is 12.0 Å². The molecule has 0 amide bonds. The lowest BCUT2D eigenvalue weighted by Crippen LogP contribution is -2.59. The van der Waals surface area contributed by atoms with Gasteiger partial charge >= 0.3 is 0 Å². The van der Waals surface area contributed by atoms with Gasteiger partial charge < -0.3 is 9.80 Å². The van der Waals surface area contributed by atoms with Crippen molar-refractivity contribution in [2.45, 2.75) is 38.1 Å². The normalized spacial score (nSPS) is 18.4. The van der Waals surface area contributed by atoms with Crippen LogP contribution >= 0.6 is 11.5 Å². The molecule has 3 aromatic heterocycles. The molecule has 3 aromatic rings. The summed E-state index contributed by atoms with van der Waals surface area (Å²) in [4.78, 5) is 9.29. The van der Waals surface area contributed by atoms with Crippen LogP contribution in [0.5, 0.6) is 0 Å². The Morgan fingerprint density at radius 1 is 1.20 bits per heavy atom. The Morgan fingerprint density at radius 2 is 2.04 bits per heavy atom. The van der Waals surface area contributed by atoms with E-state index in [-0.39, 0.29) is 0 Å². The van der Waals surface area contributed by atoms with Crippen molar-refractivity contribution in [1.29, 1.82) is 0 Å². The zero-order valence-electron chi connectivity index (χ0n) is 14.3. The Labute approximate surface area is 149 Å². The Morgan fingerprint density at radius 3 is 2.80 bits per heavy atom. The van der Waals surface area contributed by atoms with Crippen LogP contribution in [0.15, 0.2) is 12.1 Å². The minimum Gasteiger partial charge on any atom is -0.351 e. The molecule has 0 atom stereocenters. The molecule has 0 bridgehead atoms. The van der Waals surface area contributed by atoms with Gasteiger partial charge in [-0.15, -0.1) is 15.3 Å². The first-order valence-corrected chi connectivity index (χ1v) is 9.47. The minimum absolute atomic E-state index is 0.446. The molecule has 5 rings (SSSR count). The number of likely N-dealkylation sites (N-methyl/N-ethyl adjacent to an activating group) is 1. The third-order valence-electron chi connectivity index (χ3n) is 5.34. The fourth-order valence-corrected chi connectivity index (χ4v) is 4.08. The summed E-state index contributed by atoms with van der Waals surface area (Å²) >= 11 is 1.52. The average Bonchev–Trinajstić information content (AvgIpc) is 3.12. The highest BCUT2D eigenvalue weighted by Crippen LogP contribution is 2.36. The first kappa shape index (κ1) is 15.0. The minimum atomic E-state index is 0.446. The number of aryl methyl sites for hydroxylation is 1. The molecule has 2 aliphatic rings. The van der Waals surface area contributed by atoms with Crippen molar-refractivity contribution >= 4 is 28.1 Å². The number of hydrogen-bond acceptors (Lipinski definition) is 8. The summed E-state index contributed by atoms with van der Waals surface area (Å²) in [5.41, 5.74) is 0.785. The van der Waals surface area contributed by atoms with E-state index in [1.807, 2.05) is 19.1 Å². The maximum atomic E-state index is 4.76. The fourth-order valence-electron chi connectivity index (χ4n) is 3.30. The molecular formula is C16H20N8S. The van der Waals surface area contributed by atoms with Gasteiger partial charge in [-0.2, -0.15) is 8.89 Å². The second-order valence-corrected chi connectivity index (χ2v) is 7.67. The molecule has 0 spiro atoms. The van der Waals surface area contributed by atoms with Crippen molar-refractivity contribution in [3.8, 4) is 0 Å². The van der Waals surface area contributed by atoms with Crippen molar-refractivity contribution in [2.75, 3.05) is 29.9 Å². The molecule has 0 unspecified atom stereocenters. The predicted molar refractivity (Wildman–Crippen MR) is 96.4 cm³/mol. The zero-order valence-corrected chi connectivity index (χ0v) is 15.1. The van der Waals surface area contributed by atoms with Gasteiger partial charge in [0.25, 0.3) is 0 Å². The van der Waals surface area contributed by atoms with E-state index in [2.05, 4.69) is 36.5 Å². The Hall–Kier alpha value is -2.29. The third kappa shape index (κ3) is 2.45. The van der Waals surface area contributed by atoms with Gasteiger partial charge in [0.1, 0.15) is 11.6 Å². The SMILES string of the molecule is Cc1nnc2ccc(N3CC(N(C)c4nc(C5CCC5)ns4)C3)nn12. The van der Waals surface area contributed by atoms with Gasteiger partial charge in [-0.3, -0.25) is 0 Å². The van der Waals surface area contributed by atoms with Crippen molar-refractivity contribution in [1.82, 2.24) is 29.2 Å². The molecule has 1 aliphatic carbocycles. The van der Waals surface area contributed by atoms with Crippen LogP contribution in [0.1, 0.15) is 36.8 Å². The molecule has 1 saturated heterocycles. The Kier molecular flexibility index (Phi) is 3.37. The summed E-state index contributed by atoms with van der Waals surface area (Å²) in [6, 6.07) is 4.43. The van der Waals surface area contributed by atoms with Crippen LogP contribution < -0.4 is 9.80 Å². The second kappa shape index (κ2) is 5.62. The summed E-state index contributed by atoms with van der Waals surface area (Å²) in [6.45, 7) is 3.79. The standard InChI is InChI=1S/C16H20N8S/c1-10-18-19-13-6-7-14(20-24(10)13)23-8-12(9-23)22(2)16-17-15(21-25-16)11-4-3-5-11/h6-7,11-12H,3-5,8-9H2,1-2H3. The van der Waals surface area contributed by atoms with Crippen LogP contribution in [0, 0.1) is 6.92 Å². The van der Waals surface area contributed by atoms with Crippen LogP contribution in [0.3, 0.4) is 0 Å². The number of aromatic nitrogens is 6. The number of anilines is 2. The molecule has 9 heteroatoms. The van der Waals surface area contributed by atoms with Crippen LogP contribution in [0.2, 0.25) is 0 Å². The van der Waals surface area contributed by atoms with E-state index in [0.717, 1.165) is 41.3 Å². The lowest BCUT2D eigenvalue weighted by molar-refractivity contribution is 0.404. The van der Waals surface area contributed by atoms with Crippen molar-refractivity contribution in [3.63, 3.8) is 0 Å². The number of nitrogens with zero attached hydrogens (tertiary/aromatic N) is 8. The van der Waals surface area contributed by atoms with Gasteiger partial charge in [0.15, 0.2) is 11.5 Å². The lowest BCUT2D eigenvalue weighted by atomic mass is 9.85. The van der Waals surface area contributed by atoms with E-state index in [1.165, 1.54) is 30.8 Å². The molecule has 8 nitrogen and oxygen atoms in total. The molecule has 0 N–H and O–H groups in total. The first-order valence-electron chi connectivity index (χ1n) is 8.69. The van der Waals surface area contributed by atoms with Crippen LogP contribution in [0.25, 0.3) is 5.65 Å². The van der Waals surface area contributed by atoms with E-state index in [1.54, 1.807) is 4.52 Å². The predicted octanol–water partition coefficient (Wildman–Crippen LogP) is 1.88. The van der Waals surface area contributed by atoms with Gasteiger partial charge in [0, 0.05) is 37.6 Å². The van der Waals surface area contributed by atoms with Gasteiger partial charge in [-0.1, -0.05) is 6.42 Å². The summed E-state index contributed by atoms with van der Waals surface area (Å²) in [5, 5.41) is 13.8. The van der Waals surface area contributed by atoms with Gasteiger partial charge in [0.05, 0.1) is 6.04 Å². The summed E-state index contributed by atoms with van der Waals surface area (Å²) < 4.78 is 6.35. The highest BCUT2D eigenvalue weighted by molar-refractivity contribution is 7.09. The lowest BCUT2D eigenvalue weighted by Gasteiger charge is -2.44. The Balaban J connectivity index is 1.27. The van der Waals surface area contributed by atoms with Crippen molar-refractivity contribution in [2.24, 2.45) is 0 Å². The number of rotatable bonds is 4. The van der Waals surface area contributed by atoms with Crippen LogP contribution in [-0.4, -0.2) is 55.3 Å². The van der Waals surface area contributed by atoms with Crippen molar-refractivity contribution < 1.29 is 0 Å². The summed E-state index contributed by atoms with van der Waals surface area (Å²) in [6.07, 6.45) is 3.80. The molecule has 4 heterocycles. The summed E-state index contributed by atoms with van der Waals surface area (Å²) in [7, 11) is 2.12. The van der Waals surface area contributed by atoms with Crippen molar-refractivity contribution in [3.05, 3.63) is 23.8 Å². The quantitative estimate of drug-likeness (QED) is 0.706. The maximum Gasteiger partial charge on any atom is 0.205 e. The number of fused-ring (bicyclic) bond motifs is 1. The third-order valence-corrected chi connectivity index (χ3v) is 6.16. The Bertz CT molecular complexity index is 908. The smallest absolute Gasteiger partial charge is 0.205 e. The monoisotopic (exact) mass is 356 g/mol. The largest absolute Gasteiger partial charge is 0.351 e. The van der Waals surface area contributed by atoms with E-state index in [9.17, 15) is 0 Å². The van der Waals surface area contributed by atoms with Crippen LogP contribution in [0.4, 0.5) is 10.9 Å². The van der Waals surface area contributed by atoms with E-state index >= 15 is 0 Å². The van der Waals surface area contributed by atoms with Gasteiger partial charge in [0.2, 0.25) is 5.13 Å². The van der Waals surface area contributed by atoms with Gasteiger partial charge in [-0.25, -0.2) is 4.98 Å². The van der Waals surface area contributed by atoms with Gasteiger partial charge in [-0.05, 0) is 31.9 Å². The first-order chi connectivity index (χ1) is 12.2. The van der Waals surface area contributed by atoms with E-state index < -0.39 is 0 Å². The molecule has 2 fully saturated rings. The van der Waals surface area contributed by atoms with E-state index in [4.69, 9.17) is 4.98 Å². The molecule has 1 aliphatic heterocycles. The topological polar surface area (TPSA) is 75.3 Å². The molecule has 25 heavy (non-hydrogen) atoms. The zero-order chi connectivity index (χ0) is 17.0. The maximum absolute atomic E-state index is 4.76. The highest BCUT2D eigenvalue weighted by Gasteiger charge is 2.33. The number of hydrogen-bond donors (Lipinski definition) is 0. The summed E-state index contributed by atoms with van der Waals surface area (Å²) in [5.74, 6) is 3.42.